The van der Waals surface area contributed by atoms with Gasteiger partial charge in [-0.15, -0.1) is 0 Å². The third-order valence-electron chi connectivity index (χ3n) is 4.34. The van der Waals surface area contributed by atoms with Crippen LogP contribution < -0.4 is 4.74 Å². The summed E-state index contributed by atoms with van der Waals surface area (Å²) in [6, 6.07) is 15.9. The molecule has 0 saturated carbocycles. The number of H-pyrrole nitrogens is 1. The number of likely N-dealkylation sites (N-methyl/N-ethyl adjacent to an activating group) is 1. The lowest BCUT2D eigenvalue weighted by Crippen LogP contribution is -2.27. The number of nitrogens with one attached hydrogen (secondary N) is 1. The van der Waals surface area contributed by atoms with Crippen LogP contribution in [0.5, 0.6) is 5.75 Å². The molecular weight excluding hydrogens is 300 g/mol. The van der Waals surface area contributed by atoms with Crippen molar-refractivity contribution in [2.45, 2.75) is 19.9 Å². The van der Waals surface area contributed by atoms with Crippen molar-refractivity contribution in [2.75, 3.05) is 14.2 Å². The molecular formula is C20H22N2O2. The van der Waals surface area contributed by atoms with Crippen LogP contribution in [0.25, 0.3) is 10.9 Å². The molecule has 24 heavy (non-hydrogen) atoms. The molecule has 0 radical (unpaired) electrons. The van der Waals surface area contributed by atoms with Crippen LogP contribution in [0.2, 0.25) is 0 Å². The van der Waals surface area contributed by atoms with Crippen LogP contribution in [-0.2, 0) is 17.8 Å². The van der Waals surface area contributed by atoms with Crippen molar-refractivity contribution in [1.82, 2.24) is 9.88 Å². The lowest BCUT2D eigenvalue weighted by molar-refractivity contribution is -0.129. The van der Waals surface area contributed by atoms with Crippen LogP contribution >= 0.6 is 0 Å². The molecule has 0 aliphatic carbocycles. The number of ether oxygens (including phenoxy) is 1. The minimum absolute atomic E-state index is 0.102. The second-order valence-corrected chi connectivity index (χ2v) is 6.05. The van der Waals surface area contributed by atoms with Gasteiger partial charge in [-0.05, 0) is 36.2 Å². The highest BCUT2D eigenvalue weighted by atomic mass is 16.5. The zero-order valence-electron chi connectivity index (χ0n) is 14.3. The summed E-state index contributed by atoms with van der Waals surface area (Å²) >= 11 is 0. The Bertz CT molecular complexity index is 853. The molecule has 1 heterocycles. The number of rotatable bonds is 5. The van der Waals surface area contributed by atoms with Crippen molar-refractivity contribution < 1.29 is 9.53 Å². The Labute approximate surface area is 142 Å². The molecule has 1 N–H and O–H groups in total. The highest BCUT2D eigenvalue weighted by molar-refractivity contribution is 5.91. The third kappa shape index (κ3) is 3.27. The van der Waals surface area contributed by atoms with Crippen LogP contribution in [0.15, 0.2) is 48.5 Å². The number of carbonyl (C=O) groups is 1. The van der Waals surface area contributed by atoms with E-state index in [0.29, 0.717) is 13.0 Å². The largest absolute Gasteiger partial charge is 0.497 e. The SMILES string of the molecule is COc1ccc2[nH]c(C)c(CC(=O)N(C)Cc3ccccc3)c2c1. The van der Waals surface area contributed by atoms with Crippen molar-refractivity contribution in [3.63, 3.8) is 0 Å². The normalized spacial score (nSPS) is 10.8. The van der Waals surface area contributed by atoms with E-state index in [4.69, 9.17) is 4.74 Å². The molecule has 3 rings (SSSR count). The molecule has 4 heteroatoms. The Kier molecular flexibility index (Phi) is 4.56. The van der Waals surface area contributed by atoms with E-state index in [1.54, 1.807) is 12.0 Å². The first-order valence-electron chi connectivity index (χ1n) is 8.01. The quantitative estimate of drug-likeness (QED) is 0.779. The fourth-order valence-corrected chi connectivity index (χ4v) is 2.95. The van der Waals surface area contributed by atoms with Crippen LogP contribution in [0.3, 0.4) is 0 Å². The monoisotopic (exact) mass is 322 g/mol. The molecule has 0 unspecified atom stereocenters. The van der Waals surface area contributed by atoms with Crippen LogP contribution in [0.1, 0.15) is 16.8 Å². The van der Waals surface area contributed by atoms with Gasteiger partial charge in [0.25, 0.3) is 0 Å². The summed E-state index contributed by atoms with van der Waals surface area (Å²) < 4.78 is 5.31. The molecule has 124 valence electrons. The standard InChI is InChI=1S/C20H22N2O2/c1-14-17(18-11-16(24-3)9-10-19(18)21-14)12-20(23)22(2)13-15-7-5-4-6-8-15/h4-11,21H,12-13H2,1-3H3. The summed E-state index contributed by atoms with van der Waals surface area (Å²) in [4.78, 5) is 17.8. The van der Waals surface area contributed by atoms with Gasteiger partial charge in [-0.25, -0.2) is 0 Å². The maximum atomic E-state index is 12.6. The molecule has 3 aromatic rings. The number of hydrogen-bond donors (Lipinski definition) is 1. The van der Waals surface area contributed by atoms with E-state index in [-0.39, 0.29) is 5.91 Å². The summed E-state index contributed by atoms with van der Waals surface area (Å²) in [5, 5.41) is 1.05. The van der Waals surface area contributed by atoms with Crippen molar-refractivity contribution >= 4 is 16.8 Å². The van der Waals surface area contributed by atoms with Crippen LogP contribution in [-0.4, -0.2) is 29.9 Å². The van der Waals surface area contributed by atoms with Gasteiger partial charge >= 0.3 is 0 Å². The second-order valence-electron chi connectivity index (χ2n) is 6.05. The van der Waals surface area contributed by atoms with Gasteiger partial charge in [-0.2, -0.15) is 0 Å². The summed E-state index contributed by atoms with van der Waals surface area (Å²) in [5.74, 6) is 0.901. The average Bonchev–Trinajstić information content (AvgIpc) is 2.90. The minimum atomic E-state index is 0.102. The number of carbonyl (C=O) groups excluding carboxylic acids is 1. The second kappa shape index (κ2) is 6.79. The fourth-order valence-electron chi connectivity index (χ4n) is 2.95. The number of benzene rings is 2. The van der Waals surface area contributed by atoms with E-state index in [2.05, 4.69) is 4.98 Å². The van der Waals surface area contributed by atoms with Crippen LogP contribution in [0, 0.1) is 6.92 Å². The maximum absolute atomic E-state index is 12.6. The predicted octanol–water partition coefficient (Wildman–Crippen LogP) is 3.69. The van der Waals surface area contributed by atoms with Crippen molar-refractivity contribution in [1.29, 1.82) is 0 Å². The van der Waals surface area contributed by atoms with Gasteiger partial charge in [-0.3, -0.25) is 4.79 Å². The number of aromatic nitrogens is 1. The molecule has 4 nitrogen and oxygen atoms in total. The smallest absolute Gasteiger partial charge is 0.227 e. The summed E-state index contributed by atoms with van der Waals surface area (Å²) in [7, 11) is 3.50. The van der Waals surface area contributed by atoms with Gasteiger partial charge in [0.05, 0.1) is 13.5 Å². The van der Waals surface area contributed by atoms with Gasteiger partial charge in [0.2, 0.25) is 5.91 Å². The summed E-state index contributed by atoms with van der Waals surface area (Å²) in [5.41, 5.74) is 4.22. The Morgan fingerprint density at radius 3 is 2.62 bits per heavy atom. The van der Waals surface area contributed by atoms with Gasteiger partial charge < -0.3 is 14.6 Å². The van der Waals surface area contributed by atoms with Gasteiger partial charge in [0.1, 0.15) is 5.75 Å². The van der Waals surface area contributed by atoms with E-state index in [0.717, 1.165) is 33.5 Å². The van der Waals surface area contributed by atoms with E-state index in [1.807, 2.05) is 62.5 Å². The lowest BCUT2D eigenvalue weighted by Gasteiger charge is -2.17. The van der Waals surface area contributed by atoms with Crippen LogP contribution in [0.4, 0.5) is 0 Å². The maximum Gasteiger partial charge on any atom is 0.227 e. The molecule has 0 atom stereocenters. The first-order valence-corrected chi connectivity index (χ1v) is 8.01. The third-order valence-corrected chi connectivity index (χ3v) is 4.34. The number of methoxy groups -OCH3 is 1. The number of aryl methyl sites for hydroxylation is 1. The first kappa shape index (κ1) is 16.1. The van der Waals surface area contributed by atoms with E-state index < -0.39 is 0 Å². The first-order chi connectivity index (χ1) is 11.6. The molecule has 0 aliphatic rings. The van der Waals surface area contributed by atoms with E-state index in [1.165, 1.54) is 0 Å². The highest BCUT2D eigenvalue weighted by Gasteiger charge is 2.16. The zero-order chi connectivity index (χ0) is 17.1. The topological polar surface area (TPSA) is 45.3 Å². The van der Waals surface area contributed by atoms with Gasteiger partial charge in [0.15, 0.2) is 0 Å². The molecule has 0 bridgehead atoms. The molecule has 0 spiro atoms. The molecule has 0 saturated heterocycles. The predicted molar refractivity (Wildman–Crippen MR) is 96.2 cm³/mol. The zero-order valence-corrected chi connectivity index (χ0v) is 14.3. The minimum Gasteiger partial charge on any atom is -0.497 e. The number of nitrogens with zero attached hydrogens (tertiary/aromatic N) is 1. The number of aromatic amines is 1. The number of amides is 1. The molecule has 1 amide bonds. The molecule has 1 aromatic heterocycles. The Hall–Kier alpha value is -2.75. The molecule has 2 aromatic carbocycles. The fraction of sp³-hybridized carbons (Fsp3) is 0.250. The molecule has 0 aliphatic heterocycles. The van der Waals surface area contributed by atoms with Gasteiger partial charge in [0, 0.05) is 30.2 Å². The Morgan fingerprint density at radius 1 is 1.17 bits per heavy atom. The van der Waals surface area contributed by atoms with E-state index >= 15 is 0 Å². The lowest BCUT2D eigenvalue weighted by atomic mass is 10.1. The average molecular weight is 322 g/mol. The van der Waals surface area contributed by atoms with Crippen molar-refractivity contribution in [3.8, 4) is 5.75 Å². The number of hydrogen-bond acceptors (Lipinski definition) is 2. The Balaban J connectivity index is 1.81. The van der Waals surface area contributed by atoms with Crippen molar-refractivity contribution in [2.24, 2.45) is 0 Å². The molecule has 0 fully saturated rings. The highest BCUT2D eigenvalue weighted by Crippen LogP contribution is 2.27. The Morgan fingerprint density at radius 2 is 1.92 bits per heavy atom. The summed E-state index contributed by atoms with van der Waals surface area (Å²) in [6.07, 6.45) is 0.377. The van der Waals surface area contributed by atoms with Gasteiger partial charge in [-0.1, -0.05) is 30.3 Å². The number of fused-ring (bicyclic) bond motifs is 1. The van der Waals surface area contributed by atoms with E-state index in [9.17, 15) is 4.79 Å². The summed E-state index contributed by atoms with van der Waals surface area (Å²) in [6.45, 7) is 2.62. The van der Waals surface area contributed by atoms with Crippen molar-refractivity contribution in [3.05, 3.63) is 65.4 Å².